The Morgan fingerprint density at radius 3 is 2.38 bits per heavy atom. The van der Waals surface area contributed by atoms with Crippen LogP contribution in [0.5, 0.6) is 11.5 Å². The summed E-state index contributed by atoms with van der Waals surface area (Å²) < 4.78 is 16.3. The Morgan fingerprint density at radius 2 is 1.73 bits per heavy atom. The second kappa shape index (κ2) is 9.81. The molecule has 0 atom stereocenters. The van der Waals surface area contributed by atoms with Crippen LogP contribution in [-0.4, -0.2) is 32.7 Å². The van der Waals surface area contributed by atoms with Gasteiger partial charge < -0.3 is 19.5 Å². The molecule has 0 aliphatic carbocycles. The van der Waals surface area contributed by atoms with Crippen molar-refractivity contribution in [3.63, 3.8) is 0 Å². The molecular weight excluding hydrogens is 449 g/mol. The smallest absolute Gasteiger partial charge is 0.331 e. The van der Waals surface area contributed by atoms with Crippen LogP contribution in [0.25, 0.3) is 6.08 Å². The number of esters is 1. The van der Waals surface area contributed by atoms with Gasteiger partial charge in [-0.05, 0) is 70.6 Å². The highest BCUT2D eigenvalue weighted by atomic mass is 127. The zero-order chi connectivity index (χ0) is 18.9. The van der Waals surface area contributed by atoms with Crippen LogP contribution in [0, 0.1) is 3.57 Å². The van der Waals surface area contributed by atoms with Crippen LogP contribution in [0.4, 0.5) is 5.69 Å². The molecule has 0 saturated carbocycles. The molecule has 6 nitrogen and oxygen atoms in total. The fourth-order valence-electron chi connectivity index (χ4n) is 2.04. The van der Waals surface area contributed by atoms with E-state index in [1.807, 2.05) is 12.1 Å². The van der Waals surface area contributed by atoms with Crippen molar-refractivity contribution in [3.05, 3.63) is 57.7 Å². The van der Waals surface area contributed by atoms with Crippen LogP contribution < -0.4 is 14.8 Å². The summed E-state index contributed by atoms with van der Waals surface area (Å²) in [6.07, 6.45) is 2.82. The minimum atomic E-state index is -0.613. The van der Waals surface area contributed by atoms with E-state index in [0.717, 1.165) is 9.13 Å². The van der Waals surface area contributed by atoms with E-state index in [4.69, 9.17) is 14.2 Å². The number of anilines is 1. The molecular formula is C19H18INO5. The van der Waals surface area contributed by atoms with Gasteiger partial charge in [0.15, 0.2) is 18.1 Å². The standard InChI is InChI=1S/C19H18INO5/c1-24-16-9-3-13(11-17(16)25-2)4-10-19(23)26-12-18(22)21-15-7-5-14(20)6-8-15/h3-11H,12H2,1-2H3,(H,21,22)/b10-4-. The number of hydrogen-bond donors (Lipinski definition) is 1. The van der Waals surface area contributed by atoms with Gasteiger partial charge in [-0.3, -0.25) is 4.79 Å². The average molecular weight is 467 g/mol. The molecule has 0 saturated heterocycles. The number of ether oxygens (including phenoxy) is 3. The molecule has 0 spiro atoms. The Balaban J connectivity index is 1.85. The molecule has 0 aliphatic rings. The van der Waals surface area contributed by atoms with Crippen LogP contribution in [0.2, 0.25) is 0 Å². The lowest BCUT2D eigenvalue weighted by molar-refractivity contribution is -0.142. The van der Waals surface area contributed by atoms with Gasteiger partial charge in [0.2, 0.25) is 0 Å². The number of carbonyl (C=O) groups excluding carboxylic acids is 2. The molecule has 26 heavy (non-hydrogen) atoms. The van der Waals surface area contributed by atoms with E-state index < -0.39 is 11.9 Å². The summed E-state index contributed by atoms with van der Waals surface area (Å²) in [5, 5.41) is 2.65. The molecule has 1 amide bonds. The Labute approximate surface area is 165 Å². The number of benzene rings is 2. The summed E-state index contributed by atoms with van der Waals surface area (Å²) in [4.78, 5) is 23.5. The first-order valence-electron chi connectivity index (χ1n) is 7.64. The van der Waals surface area contributed by atoms with E-state index in [-0.39, 0.29) is 6.61 Å². The van der Waals surface area contributed by atoms with E-state index in [1.165, 1.54) is 13.2 Å². The molecule has 0 heterocycles. The van der Waals surface area contributed by atoms with Gasteiger partial charge in [0.25, 0.3) is 5.91 Å². The summed E-state index contributed by atoms with van der Waals surface area (Å²) in [5.41, 5.74) is 1.38. The second-order valence-corrected chi connectivity index (χ2v) is 6.36. The van der Waals surface area contributed by atoms with Gasteiger partial charge in [-0.15, -0.1) is 0 Å². The predicted molar refractivity (Wildman–Crippen MR) is 107 cm³/mol. The van der Waals surface area contributed by atoms with Crippen molar-refractivity contribution in [3.8, 4) is 11.5 Å². The van der Waals surface area contributed by atoms with Gasteiger partial charge in [0.1, 0.15) is 0 Å². The number of halogens is 1. The third-order valence-corrected chi connectivity index (χ3v) is 4.01. The largest absolute Gasteiger partial charge is 0.493 e. The zero-order valence-corrected chi connectivity index (χ0v) is 16.5. The van der Waals surface area contributed by atoms with Gasteiger partial charge in [0.05, 0.1) is 14.2 Å². The number of hydrogen-bond acceptors (Lipinski definition) is 5. The summed E-state index contributed by atoms with van der Waals surface area (Å²) in [7, 11) is 3.08. The van der Waals surface area contributed by atoms with Crippen LogP contribution in [0.15, 0.2) is 48.5 Å². The first kappa shape index (κ1) is 19.8. The van der Waals surface area contributed by atoms with Gasteiger partial charge in [-0.2, -0.15) is 0 Å². The number of nitrogens with one attached hydrogen (secondary N) is 1. The van der Waals surface area contributed by atoms with Gasteiger partial charge in [0, 0.05) is 15.3 Å². The van der Waals surface area contributed by atoms with Crippen molar-refractivity contribution >= 4 is 46.2 Å². The van der Waals surface area contributed by atoms with Crippen molar-refractivity contribution in [1.82, 2.24) is 0 Å². The SMILES string of the molecule is COc1ccc(/C=C\C(=O)OCC(=O)Nc2ccc(I)cc2)cc1OC. The molecule has 136 valence electrons. The maximum Gasteiger partial charge on any atom is 0.331 e. The number of methoxy groups -OCH3 is 2. The fraction of sp³-hybridized carbons (Fsp3) is 0.158. The zero-order valence-electron chi connectivity index (χ0n) is 14.3. The number of rotatable bonds is 7. The normalized spacial score (nSPS) is 10.4. The van der Waals surface area contributed by atoms with Gasteiger partial charge in [-0.1, -0.05) is 6.07 Å². The second-order valence-electron chi connectivity index (χ2n) is 5.11. The molecule has 0 aromatic heterocycles. The van der Waals surface area contributed by atoms with Crippen LogP contribution in [-0.2, 0) is 14.3 Å². The summed E-state index contributed by atoms with van der Waals surface area (Å²) >= 11 is 2.17. The quantitative estimate of drug-likeness (QED) is 0.384. The molecule has 0 unspecified atom stereocenters. The van der Waals surface area contributed by atoms with E-state index >= 15 is 0 Å². The summed E-state index contributed by atoms with van der Waals surface area (Å²) in [5.74, 6) is 0.135. The molecule has 7 heteroatoms. The van der Waals surface area contributed by atoms with Crippen molar-refractivity contribution in [2.75, 3.05) is 26.1 Å². The summed E-state index contributed by atoms with van der Waals surface area (Å²) in [6.45, 7) is -0.360. The lowest BCUT2D eigenvalue weighted by Gasteiger charge is -2.07. The molecule has 0 bridgehead atoms. The first-order valence-corrected chi connectivity index (χ1v) is 8.72. The Morgan fingerprint density at radius 1 is 1.04 bits per heavy atom. The van der Waals surface area contributed by atoms with Crippen molar-refractivity contribution in [2.45, 2.75) is 0 Å². The minimum Gasteiger partial charge on any atom is -0.493 e. The molecule has 2 aromatic rings. The molecule has 0 radical (unpaired) electrons. The predicted octanol–water partition coefficient (Wildman–Crippen LogP) is 3.50. The van der Waals surface area contributed by atoms with Crippen LogP contribution >= 0.6 is 22.6 Å². The Kier molecular flexibility index (Phi) is 7.46. The third kappa shape index (κ3) is 6.07. The lowest BCUT2D eigenvalue weighted by atomic mass is 10.2. The Bertz CT molecular complexity index is 802. The molecule has 2 rings (SSSR count). The first-order chi connectivity index (χ1) is 12.5. The molecule has 0 aliphatic heterocycles. The van der Waals surface area contributed by atoms with Crippen LogP contribution in [0.3, 0.4) is 0 Å². The van der Waals surface area contributed by atoms with E-state index in [2.05, 4.69) is 27.9 Å². The lowest BCUT2D eigenvalue weighted by Crippen LogP contribution is -2.20. The number of carbonyl (C=O) groups is 2. The highest BCUT2D eigenvalue weighted by Crippen LogP contribution is 2.27. The van der Waals surface area contributed by atoms with Crippen molar-refractivity contribution < 1.29 is 23.8 Å². The topological polar surface area (TPSA) is 73.9 Å². The number of amides is 1. The monoisotopic (exact) mass is 467 g/mol. The van der Waals surface area contributed by atoms with Gasteiger partial charge in [-0.25, -0.2) is 4.79 Å². The molecule has 2 aromatic carbocycles. The third-order valence-electron chi connectivity index (χ3n) is 3.29. The average Bonchev–Trinajstić information content (AvgIpc) is 2.66. The highest BCUT2D eigenvalue weighted by molar-refractivity contribution is 14.1. The van der Waals surface area contributed by atoms with Gasteiger partial charge >= 0.3 is 5.97 Å². The van der Waals surface area contributed by atoms with E-state index in [1.54, 1.807) is 43.5 Å². The fourth-order valence-corrected chi connectivity index (χ4v) is 2.40. The van der Waals surface area contributed by atoms with Crippen molar-refractivity contribution in [1.29, 1.82) is 0 Å². The van der Waals surface area contributed by atoms with Crippen LogP contribution in [0.1, 0.15) is 5.56 Å². The maximum absolute atomic E-state index is 11.8. The minimum absolute atomic E-state index is 0.360. The molecule has 0 fully saturated rings. The summed E-state index contributed by atoms with van der Waals surface area (Å²) in [6, 6.07) is 12.5. The molecule has 1 N–H and O–H groups in total. The highest BCUT2D eigenvalue weighted by Gasteiger charge is 2.06. The van der Waals surface area contributed by atoms with Crippen molar-refractivity contribution in [2.24, 2.45) is 0 Å². The van der Waals surface area contributed by atoms with E-state index in [9.17, 15) is 9.59 Å². The maximum atomic E-state index is 11.8. The van der Waals surface area contributed by atoms with E-state index in [0.29, 0.717) is 17.2 Å². The Hall–Kier alpha value is -2.55.